The van der Waals surface area contributed by atoms with Crippen LogP contribution in [0.3, 0.4) is 0 Å². The van der Waals surface area contributed by atoms with Crippen molar-refractivity contribution in [2.75, 3.05) is 13.2 Å². The van der Waals surface area contributed by atoms with Crippen molar-refractivity contribution in [2.45, 2.75) is 43.3 Å². The number of aliphatic hydroxyl groups excluding tert-OH is 1. The van der Waals surface area contributed by atoms with Crippen molar-refractivity contribution in [3.8, 4) is 0 Å². The van der Waals surface area contributed by atoms with E-state index in [2.05, 4.69) is 10.6 Å². The van der Waals surface area contributed by atoms with Gasteiger partial charge in [-0.3, -0.25) is 14.5 Å². The third-order valence-electron chi connectivity index (χ3n) is 7.38. The molecule has 11 heteroatoms. The Labute approximate surface area is 247 Å². The second-order valence-electron chi connectivity index (χ2n) is 10.2. The number of carboxylic acid groups (broad SMARTS) is 1. The van der Waals surface area contributed by atoms with Crippen molar-refractivity contribution in [2.24, 2.45) is 5.92 Å². The maximum absolute atomic E-state index is 16.5. The number of alkyl halides is 2. The standard InChI is InChI=1S/C31H32ClF2N3O5/c32-24-13-7-12-23(18-24)31(33,34)27(21-10-5-2-6-11-21)37(30(41)42)26(16-20-8-3-1-4-9-20)29(40)36-25(19-38)17-22-14-15-35-28(22)39/h1-13,18,22,25-27,38H,14-17,19H2,(H,35,39)(H,36,40)(H,41,42)/t22-,25-,26-,27+/m0/s1. The molecule has 4 atom stereocenters. The molecular formula is C31H32ClF2N3O5. The Bertz CT molecular complexity index is 1380. The number of nitrogens with zero attached hydrogens (tertiary/aromatic N) is 1. The van der Waals surface area contributed by atoms with Crippen LogP contribution in [0.5, 0.6) is 0 Å². The number of hydrogen-bond acceptors (Lipinski definition) is 4. The second kappa shape index (κ2) is 13.8. The molecule has 0 unspecified atom stereocenters. The summed E-state index contributed by atoms with van der Waals surface area (Å²) in [6.45, 7) is -0.0577. The molecule has 0 spiro atoms. The highest BCUT2D eigenvalue weighted by atomic mass is 35.5. The SMILES string of the molecule is O=C1NCC[C@H]1C[C@@H](CO)NC(=O)[C@H](Cc1ccccc1)N(C(=O)O)[C@H](c1ccccc1)C(F)(F)c1cccc(Cl)c1. The number of amides is 3. The fraction of sp³-hybridized carbons (Fsp3) is 0.323. The molecule has 0 saturated carbocycles. The molecule has 4 rings (SSSR count). The fourth-order valence-electron chi connectivity index (χ4n) is 5.30. The summed E-state index contributed by atoms with van der Waals surface area (Å²) in [6, 6.07) is 16.2. The zero-order valence-corrected chi connectivity index (χ0v) is 23.4. The molecule has 1 aliphatic heterocycles. The van der Waals surface area contributed by atoms with Crippen LogP contribution in [0.25, 0.3) is 0 Å². The summed E-state index contributed by atoms with van der Waals surface area (Å²) in [5, 5.41) is 25.9. The molecule has 0 bridgehead atoms. The topological polar surface area (TPSA) is 119 Å². The van der Waals surface area contributed by atoms with Crippen LogP contribution in [0.2, 0.25) is 5.02 Å². The first kappa shape index (κ1) is 30.9. The van der Waals surface area contributed by atoms with E-state index in [1.54, 1.807) is 36.4 Å². The van der Waals surface area contributed by atoms with Gasteiger partial charge in [-0.25, -0.2) is 4.79 Å². The van der Waals surface area contributed by atoms with Crippen LogP contribution in [-0.2, 0) is 21.9 Å². The Hall–Kier alpha value is -4.02. The smallest absolute Gasteiger partial charge is 0.408 e. The zero-order chi connectivity index (χ0) is 30.3. The number of benzene rings is 3. The van der Waals surface area contributed by atoms with E-state index in [4.69, 9.17) is 11.6 Å². The zero-order valence-electron chi connectivity index (χ0n) is 22.6. The lowest BCUT2D eigenvalue weighted by Gasteiger charge is -2.40. The van der Waals surface area contributed by atoms with Gasteiger partial charge in [-0.2, -0.15) is 8.78 Å². The van der Waals surface area contributed by atoms with Crippen LogP contribution >= 0.6 is 11.6 Å². The molecule has 3 amide bonds. The van der Waals surface area contributed by atoms with E-state index < -0.39 is 54.1 Å². The van der Waals surface area contributed by atoms with E-state index in [0.717, 1.165) is 12.1 Å². The van der Waals surface area contributed by atoms with Crippen molar-refractivity contribution in [3.05, 3.63) is 107 Å². The van der Waals surface area contributed by atoms with Crippen molar-refractivity contribution in [3.63, 3.8) is 0 Å². The van der Waals surface area contributed by atoms with Gasteiger partial charge in [0.05, 0.1) is 12.6 Å². The van der Waals surface area contributed by atoms with Gasteiger partial charge in [0.1, 0.15) is 12.1 Å². The Morgan fingerprint density at radius 1 is 1.05 bits per heavy atom. The molecule has 3 aromatic carbocycles. The minimum Gasteiger partial charge on any atom is -0.465 e. The average Bonchev–Trinajstić information content (AvgIpc) is 3.38. The Balaban J connectivity index is 1.79. The molecule has 3 aromatic rings. The minimum absolute atomic E-state index is 0.0305. The molecule has 1 aliphatic rings. The minimum atomic E-state index is -3.82. The highest BCUT2D eigenvalue weighted by molar-refractivity contribution is 6.30. The summed E-state index contributed by atoms with van der Waals surface area (Å²) >= 11 is 6.04. The van der Waals surface area contributed by atoms with Crippen molar-refractivity contribution in [1.29, 1.82) is 0 Å². The monoisotopic (exact) mass is 599 g/mol. The fourth-order valence-corrected chi connectivity index (χ4v) is 5.49. The van der Waals surface area contributed by atoms with Crippen molar-refractivity contribution < 1.29 is 33.4 Å². The lowest BCUT2D eigenvalue weighted by molar-refractivity contribution is -0.135. The molecule has 0 aromatic heterocycles. The molecule has 8 nitrogen and oxygen atoms in total. The molecule has 1 saturated heterocycles. The quantitative estimate of drug-likeness (QED) is 0.239. The van der Waals surface area contributed by atoms with Crippen molar-refractivity contribution >= 4 is 29.5 Å². The number of carbonyl (C=O) groups is 3. The third kappa shape index (κ3) is 7.24. The van der Waals surface area contributed by atoms with Crippen LogP contribution in [0.1, 0.15) is 35.6 Å². The normalized spacial score (nSPS) is 17.1. The number of aliphatic hydroxyl groups is 1. The molecule has 42 heavy (non-hydrogen) atoms. The molecule has 1 fully saturated rings. The van der Waals surface area contributed by atoms with Crippen LogP contribution in [0.15, 0.2) is 84.9 Å². The van der Waals surface area contributed by atoms with E-state index in [1.165, 1.54) is 36.4 Å². The average molecular weight is 600 g/mol. The molecule has 4 N–H and O–H groups in total. The van der Waals surface area contributed by atoms with Gasteiger partial charge in [-0.05, 0) is 36.1 Å². The predicted octanol–water partition coefficient (Wildman–Crippen LogP) is 4.77. The van der Waals surface area contributed by atoms with E-state index in [1.807, 2.05) is 0 Å². The van der Waals surface area contributed by atoms with E-state index >= 15 is 8.78 Å². The molecule has 222 valence electrons. The first-order chi connectivity index (χ1) is 20.1. The largest absolute Gasteiger partial charge is 0.465 e. The van der Waals surface area contributed by atoms with Gasteiger partial charge < -0.3 is 20.8 Å². The van der Waals surface area contributed by atoms with Gasteiger partial charge in [-0.1, -0.05) is 84.4 Å². The summed E-state index contributed by atoms with van der Waals surface area (Å²) in [7, 11) is 0. The van der Waals surface area contributed by atoms with Crippen LogP contribution < -0.4 is 10.6 Å². The summed E-state index contributed by atoms with van der Waals surface area (Å²) in [5.74, 6) is -5.35. The van der Waals surface area contributed by atoms with Gasteiger partial charge in [0, 0.05) is 29.5 Å². The maximum Gasteiger partial charge on any atom is 0.408 e. The maximum atomic E-state index is 16.5. The first-order valence-corrected chi connectivity index (χ1v) is 13.9. The first-order valence-electron chi connectivity index (χ1n) is 13.5. The van der Waals surface area contributed by atoms with Gasteiger partial charge in [0.2, 0.25) is 11.8 Å². The summed E-state index contributed by atoms with van der Waals surface area (Å²) in [6.07, 6.45) is -1.34. The van der Waals surface area contributed by atoms with E-state index in [-0.39, 0.29) is 29.3 Å². The van der Waals surface area contributed by atoms with E-state index in [9.17, 15) is 24.6 Å². The lowest BCUT2D eigenvalue weighted by Crippen LogP contribution is -2.56. The van der Waals surface area contributed by atoms with Gasteiger partial charge >= 0.3 is 6.09 Å². The van der Waals surface area contributed by atoms with Crippen molar-refractivity contribution in [1.82, 2.24) is 15.5 Å². The Kier molecular flexibility index (Phi) is 10.1. The van der Waals surface area contributed by atoms with Crippen LogP contribution in [-0.4, -0.2) is 58.3 Å². The summed E-state index contributed by atoms with van der Waals surface area (Å²) in [5.41, 5.74) is -0.0102. The van der Waals surface area contributed by atoms with Gasteiger partial charge in [-0.15, -0.1) is 0 Å². The number of hydrogen-bond donors (Lipinski definition) is 4. The highest BCUT2D eigenvalue weighted by Gasteiger charge is 2.51. The summed E-state index contributed by atoms with van der Waals surface area (Å²) < 4.78 is 33.0. The Morgan fingerprint density at radius 3 is 2.29 bits per heavy atom. The third-order valence-corrected chi connectivity index (χ3v) is 7.61. The number of nitrogens with one attached hydrogen (secondary N) is 2. The molecule has 0 aliphatic carbocycles. The summed E-state index contributed by atoms with van der Waals surface area (Å²) in [4.78, 5) is 39.4. The number of halogens is 3. The Morgan fingerprint density at radius 2 is 1.71 bits per heavy atom. The van der Waals surface area contributed by atoms with Gasteiger partial charge in [0.15, 0.2) is 0 Å². The van der Waals surface area contributed by atoms with Gasteiger partial charge in [0.25, 0.3) is 5.92 Å². The molecule has 0 radical (unpaired) electrons. The lowest BCUT2D eigenvalue weighted by atomic mass is 9.90. The van der Waals surface area contributed by atoms with Crippen LogP contribution in [0, 0.1) is 5.92 Å². The highest BCUT2D eigenvalue weighted by Crippen LogP contribution is 2.46. The number of rotatable bonds is 12. The number of carbonyl (C=O) groups excluding carboxylic acids is 2. The predicted molar refractivity (Wildman–Crippen MR) is 153 cm³/mol. The molecule has 1 heterocycles. The second-order valence-corrected chi connectivity index (χ2v) is 10.7. The van der Waals surface area contributed by atoms with Crippen LogP contribution in [0.4, 0.5) is 13.6 Å². The van der Waals surface area contributed by atoms with E-state index in [0.29, 0.717) is 23.4 Å². The molecular weight excluding hydrogens is 568 g/mol.